The van der Waals surface area contributed by atoms with Crippen molar-refractivity contribution in [3.63, 3.8) is 0 Å². The second-order valence-corrected chi connectivity index (χ2v) is 9.24. The highest BCUT2D eigenvalue weighted by Gasteiger charge is 2.27. The first-order chi connectivity index (χ1) is 9.31. The van der Waals surface area contributed by atoms with Crippen molar-refractivity contribution in [3.05, 3.63) is 0 Å². The second kappa shape index (κ2) is 10.5. The van der Waals surface area contributed by atoms with Crippen molar-refractivity contribution in [3.8, 4) is 0 Å². The molecule has 0 aliphatic carbocycles. The van der Waals surface area contributed by atoms with Crippen LogP contribution in [0.3, 0.4) is 0 Å². The topological polar surface area (TPSA) is 97.7 Å². The summed E-state index contributed by atoms with van der Waals surface area (Å²) < 4.78 is 55.1. The standard InChI is InChI=1S/C12H26O6S2/c1-2-3-4-5-6-7-8-9-10-11-12-18-20(16,17)19(13,14)15/h2-12H2,1H3,(H,13,14,15). The maximum absolute atomic E-state index is 10.9. The highest BCUT2D eigenvalue weighted by Crippen LogP contribution is 2.11. The molecule has 0 radical (unpaired) electrons. The Morgan fingerprint density at radius 1 is 0.750 bits per heavy atom. The molecule has 0 rings (SSSR count). The lowest BCUT2D eigenvalue weighted by Gasteiger charge is -2.03. The summed E-state index contributed by atoms with van der Waals surface area (Å²) >= 11 is 0. The summed E-state index contributed by atoms with van der Waals surface area (Å²) in [5.74, 6) is 0. The Kier molecular flexibility index (Phi) is 10.4. The van der Waals surface area contributed by atoms with E-state index < -0.39 is 18.3 Å². The zero-order valence-corrected chi connectivity index (χ0v) is 13.7. The molecule has 0 amide bonds. The van der Waals surface area contributed by atoms with Gasteiger partial charge in [-0.15, -0.1) is 0 Å². The Morgan fingerprint density at radius 2 is 1.15 bits per heavy atom. The fraction of sp³-hybridized carbons (Fsp3) is 1.00. The molecule has 0 aromatic carbocycles. The van der Waals surface area contributed by atoms with E-state index in [0.717, 1.165) is 19.3 Å². The van der Waals surface area contributed by atoms with E-state index in [1.165, 1.54) is 38.5 Å². The van der Waals surface area contributed by atoms with Gasteiger partial charge in [-0.3, -0.25) is 8.74 Å². The minimum atomic E-state index is -5.16. The Balaban J connectivity index is 3.42. The van der Waals surface area contributed by atoms with Gasteiger partial charge in [0.1, 0.15) is 0 Å². The third-order valence-electron chi connectivity index (χ3n) is 2.98. The van der Waals surface area contributed by atoms with Crippen LogP contribution in [0.25, 0.3) is 0 Å². The van der Waals surface area contributed by atoms with Crippen molar-refractivity contribution < 1.29 is 25.6 Å². The van der Waals surface area contributed by atoms with Crippen molar-refractivity contribution >= 4 is 18.3 Å². The quantitative estimate of drug-likeness (QED) is 0.316. The molecule has 0 bridgehead atoms. The molecule has 0 aliphatic rings. The first-order valence-electron chi connectivity index (χ1n) is 7.18. The molecule has 0 fully saturated rings. The Labute approximate surface area is 122 Å². The molecule has 0 saturated carbocycles. The molecular formula is C12H26O6S2. The summed E-state index contributed by atoms with van der Waals surface area (Å²) in [6.07, 6.45) is 10.8. The molecule has 0 aromatic rings. The molecule has 8 heteroatoms. The van der Waals surface area contributed by atoms with Crippen LogP contribution < -0.4 is 0 Å². The summed E-state index contributed by atoms with van der Waals surface area (Å²) in [5.41, 5.74) is 0. The van der Waals surface area contributed by atoms with Crippen LogP contribution in [-0.4, -0.2) is 28.0 Å². The molecule has 0 aliphatic heterocycles. The minimum absolute atomic E-state index is 0.210. The fourth-order valence-electron chi connectivity index (χ4n) is 1.81. The van der Waals surface area contributed by atoms with Crippen molar-refractivity contribution in [2.24, 2.45) is 0 Å². The van der Waals surface area contributed by atoms with E-state index in [9.17, 15) is 16.8 Å². The number of hydrogen-bond acceptors (Lipinski definition) is 5. The zero-order chi connectivity index (χ0) is 15.5. The lowest BCUT2D eigenvalue weighted by molar-refractivity contribution is 0.311. The fourth-order valence-corrected chi connectivity index (χ4v) is 2.82. The molecular weight excluding hydrogens is 304 g/mol. The third kappa shape index (κ3) is 9.68. The van der Waals surface area contributed by atoms with E-state index >= 15 is 0 Å². The normalized spacial score (nSPS) is 12.7. The van der Waals surface area contributed by atoms with Crippen molar-refractivity contribution in [1.29, 1.82) is 0 Å². The minimum Gasteiger partial charge on any atom is -0.272 e. The molecule has 0 spiro atoms. The summed E-state index contributed by atoms with van der Waals surface area (Å²) in [4.78, 5) is 0. The predicted octanol–water partition coefficient (Wildman–Crippen LogP) is 3.06. The van der Waals surface area contributed by atoms with Gasteiger partial charge in [0.15, 0.2) is 0 Å². The van der Waals surface area contributed by atoms with E-state index in [4.69, 9.17) is 4.55 Å². The Bertz CT molecular complexity index is 427. The van der Waals surface area contributed by atoms with Gasteiger partial charge >= 0.3 is 18.3 Å². The van der Waals surface area contributed by atoms with Crippen molar-refractivity contribution in [1.82, 2.24) is 0 Å². The van der Waals surface area contributed by atoms with Gasteiger partial charge in [-0.2, -0.15) is 16.8 Å². The molecule has 0 unspecified atom stereocenters. The number of hydrogen-bond donors (Lipinski definition) is 1. The van der Waals surface area contributed by atoms with Crippen LogP contribution in [-0.2, 0) is 22.5 Å². The summed E-state index contributed by atoms with van der Waals surface area (Å²) in [7, 11) is -10.0. The first-order valence-corrected chi connectivity index (χ1v) is 10.5. The predicted molar refractivity (Wildman–Crippen MR) is 78.3 cm³/mol. The molecule has 0 aromatic heterocycles. The van der Waals surface area contributed by atoms with Crippen LogP contribution in [0.2, 0.25) is 0 Å². The molecule has 1 N–H and O–H groups in total. The zero-order valence-electron chi connectivity index (χ0n) is 12.1. The maximum Gasteiger partial charge on any atom is 0.399 e. The first kappa shape index (κ1) is 19.8. The van der Waals surface area contributed by atoms with Crippen LogP contribution in [0.4, 0.5) is 0 Å². The van der Waals surface area contributed by atoms with Crippen LogP contribution >= 0.6 is 0 Å². The van der Waals surface area contributed by atoms with Gasteiger partial charge in [-0.05, 0) is 6.42 Å². The van der Waals surface area contributed by atoms with E-state index in [-0.39, 0.29) is 6.61 Å². The summed E-state index contributed by atoms with van der Waals surface area (Å²) in [6, 6.07) is 0. The number of rotatable bonds is 13. The van der Waals surface area contributed by atoms with Gasteiger partial charge in [-0.1, -0.05) is 64.7 Å². The van der Waals surface area contributed by atoms with E-state index in [1.807, 2.05) is 0 Å². The number of unbranched alkanes of at least 4 members (excludes halogenated alkanes) is 9. The monoisotopic (exact) mass is 330 g/mol. The van der Waals surface area contributed by atoms with Gasteiger partial charge in [0.05, 0.1) is 6.61 Å². The van der Waals surface area contributed by atoms with E-state index in [2.05, 4.69) is 11.1 Å². The summed E-state index contributed by atoms with van der Waals surface area (Å²) in [5, 5.41) is 0. The highest BCUT2D eigenvalue weighted by molar-refractivity contribution is 8.63. The molecule has 122 valence electrons. The molecule has 6 nitrogen and oxygen atoms in total. The average molecular weight is 330 g/mol. The molecule has 0 saturated heterocycles. The Morgan fingerprint density at radius 3 is 1.55 bits per heavy atom. The molecule has 20 heavy (non-hydrogen) atoms. The van der Waals surface area contributed by atoms with Gasteiger partial charge in [0, 0.05) is 0 Å². The Hall–Kier alpha value is -0.180. The van der Waals surface area contributed by atoms with Crippen LogP contribution in [0.15, 0.2) is 0 Å². The average Bonchev–Trinajstić information content (AvgIpc) is 2.34. The summed E-state index contributed by atoms with van der Waals surface area (Å²) in [6.45, 7) is 1.98. The smallest absolute Gasteiger partial charge is 0.272 e. The van der Waals surface area contributed by atoms with Gasteiger partial charge < -0.3 is 0 Å². The van der Waals surface area contributed by atoms with Gasteiger partial charge in [-0.25, -0.2) is 0 Å². The van der Waals surface area contributed by atoms with E-state index in [0.29, 0.717) is 6.42 Å². The van der Waals surface area contributed by atoms with Crippen LogP contribution in [0, 0.1) is 0 Å². The lowest BCUT2D eigenvalue weighted by Crippen LogP contribution is -2.17. The second-order valence-electron chi connectivity index (χ2n) is 4.84. The largest absolute Gasteiger partial charge is 0.399 e. The van der Waals surface area contributed by atoms with E-state index in [1.54, 1.807) is 0 Å². The van der Waals surface area contributed by atoms with Crippen molar-refractivity contribution in [2.75, 3.05) is 6.61 Å². The van der Waals surface area contributed by atoms with Crippen molar-refractivity contribution in [2.45, 2.75) is 71.1 Å². The highest BCUT2D eigenvalue weighted by atomic mass is 33.2. The third-order valence-corrected chi connectivity index (χ3v) is 5.79. The molecule has 0 heterocycles. The molecule has 0 atom stereocenters. The lowest BCUT2D eigenvalue weighted by atomic mass is 10.1. The SMILES string of the molecule is CCCCCCCCCCCCOS(=O)(=O)S(=O)(=O)O. The van der Waals surface area contributed by atoms with Crippen LogP contribution in [0.5, 0.6) is 0 Å². The van der Waals surface area contributed by atoms with Gasteiger partial charge in [0.2, 0.25) is 0 Å². The van der Waals surface area contributed by atoms with Crippen LogP contribution in [0.1, 0.15) is 71.1 Å². The van der Waals surface area contributed by atoms with Gasteiger partial charge in [0.25, 0.3) is 0 Å². The maximum atomic E-state index is 10.9.